The molecule has 2 amide bonds. The number of amides is 2. The van der Waals surface area contributed by atoms with Crippen molar-refractivity contribution in [2.75, 3.05) is 18.0 Å². The number of para-hydroxylation sites is 2. The molecule has 0 spiro atoms. The number of ether oxygens (including phenoxy) is 1. The third-order valence-electron chi connectivity index (χ3n) is 7.35. The maximum absolute atomic E-state index is 14.2. The van der Waals surface area contributed by atoms with E-state index in [9.17, 15) is 18.0 Å². The molecule has 3 aromatic carbocycles. The van der Waals surface area contributed by atoms with Crippen molar-refractivity contribution in [1.82, 2.24) is 10.2 Å². The van der Waals surface area contributed by atoms with Crippen LogP contribution in [0.3, 0.4) is 0 Å². The second-order valence-corrected chi connectivity index (χ2v) is 12.3. The number of sulfonamides is 1. The smallest absolute Gasteiger partial charge is 0.264 e. The summed E-state index contributed by atoms with van der Waals surface area (Å²) in [7, 11) is -2.75. The minimum Gasteiger partial charge on any atom is -0.495 e. The second-order valence-electron chi connectivity index (χ2n) is 10.0. The highest BCUT2D eigenvalue weighted by Crippen LogP contribution is 2.33. The van der Waals surface area contributed by atoms with Crippen LogP contribution in [0.5, 0.6) is 5.75 Å². The number of hydrogen-bond acceptors (Lipinski definition) is 5. The second kappa shape index (κ2) is 13.9. The molecular formula is C31H36ClN3O5S. The third-order valence-corrected chi connectivity index (χ3v) is 9.49. The zero-order chi connectivity index (χ0) is 29.4. The van der Waals surface area contributed by atoms with Gasteiger partial charge in [0.1, 0.15) is 18.3 Å². The Kier molecular flexibility index (Phi) is 10.3. The number of nitrogens with zero attached hydrogens (tertiary/aromatic N) is 2. The van der Waals surface area contributed by atoms with Gasteiger partial charge in [-0.05, 0) is 55.2 Å². The molecule has 10 heteroatoms. The Hall–Kier alpha value is -3.56. The molecular weight excluding hydrogens is 562 g/mol. The molecule has 1 saturated carbocycles. The van der Waals surface area contributed by atoms with E-state index in [0.29, 0.717) is 22.8 Å². The van der Waals surface area contributed by atoms with Crippen LogP contribution >= 0.6 is 11.6 Å². The molecule has 0 aromatic heterocycles. The van der Waals surface area contributed by atoms with E-state index in [4.69, 9.17) is 16.3 Å². The molecule has 0 radical (unpaired) electrons. The zero-order valence-electron chi connectivity index (χ0n) is 23.3. The van der Waals surface area contributed by atoms with Crippen molar-refractivity contribution in [1.29, 1.82) is 0 Å². The third kappa shape index (κ3) is 7.21. The van der Waals surface area contributed by atoms with Gasteiger partial charge in [-0.3, -0.25) is 13.9 Å². The highest BCUT2D eigenvalue weighted by molar-refractivity contribution is 7.92. The lowest BCUT2D eigenvalue weighted by Crippen LogP contribution is -2.53. The Morgan fingerprint density at radius 3 is 2.27 bits per heavy atom. The number of nitrogens with one attached hydrogen (secondary N) is 1. The normalized spacial score (nSPS) is 14.3. The maximum Gasteiger partial charge on any atom is 0.264 e. The quantitative estimate of drug-likeness (QED) is 0.301. The summed E-state index contributed by atoms with van der Waals surface area (Å²) in [6.07, 6.45) is 4.24. The number of rotatable bonds is 12. The molecule has 0 saturated heterocycles. The Balaban J connectivity index is 1.74. The van der Waals surface area contributed by atoms with Gasteiger partial charge in [0.05, 0.1) is 17.7 Å². The van der Waals surface area contributed by atoms with E-state index in [2.05, 4.69) is 5.32 Å². The van der Waals surface area contributed by atoms with Crippen LogP contribution in [0.2, 0.25) is 5.02 Å². The number of hydrogen-bond donors (Lipinski definition) is 1. The molecule has 1 N–H and O–H groups in total. The summed E-state index contributed by atoms with van der Waals surface area (Å²) in [5.74, 6) is -0.498. The minimum absolute atomic E-state index is 0.0300. The Bertz CT molecular complexity index is 1440. The SMILES string of the molecule is CCC(C(=O)NC1CCCC1)N(Cc1ccccc1Cl)C(=O)CN(c1ccccc1OC)S(=O)(=O)c1ccccc1. The zero-order valence-corrected chi connectivity index (χ0v) is 24.9. The molecule has 0 heterocycles. The largest absolute Gasteiger partial charge is 0.495 e. The number of carbonyl (C=O) groups is 2. The van der Waals surface area contributed by atoms with E-state index in [-0.39, 0.29) is 29.1 Å². The van der Waals surface area contributed by atoms with Gasteiger partial charge in [-0.2, -0.15) is 0 Å². The molecule has 1 fully saturated rings. The number of benzene rings is 3. The topological polar surface area (TPSA) is 96.0 Å². The Morgan fingerprint density at radius 1 is 0.976 bits per heavy atom. The summed E-state index contributed by atoms with van der Waals surface area (Å²) in [5.41, 5.74) is 0.873. The fraction of sp³-hybridized carbons (Fsp3) is 0.355. The van der Waals surface area contributed by atoms with Crippen molar-refractivity contribution >= 4 is 39.1 Å². The van der Waals surface area contributed by atoms with E-state index in [1.165, 1.54) is 24.1 Å². The van der Waals surface area contributed by atoms with Crippen molar-refractivity contribution in [3.8, 4) is 5.75 Å². The maximum atomic E-state index is 14.2. The molecule has 0 bridgehead atoms. The lowest BCUT2D eigenvalue weighted by molar-refractivity contribution is -0.140. The average molecular weight is 598 g/mol. The van der Waals surface area contributed by atoms with Gasteiger partial charge in [-0.15, -0.1) is 0 Å². The van der Waals surface area contributed by atoms with Gasteiger partial charge in [0, 0.05) is 17.6 Å². The Labute approximate surface area is 247 Å². The van der Waals surface area contributed by atoms with Crippen LogP contribution in [0.25, 0.3) is 0 Å². The molecule has 3 aromatic rings. The first-order valence-corrected chi connectivity index (χ1v) is 15.6. The van der Waals surface area contributed by atoms with Gasteiger partial charge in [-0.25, -0.2) is 8.42 Å². The van der Waals surface area contributed by atoms with E-state index in [1.54, 1.807) is 60.7 Å². The molecule has 41 heavy (non-hydrogen) atoms. The first kappa shape index (κ1) is 30.4. The van der Waals surface area contributed by atoms with Crippen LogP contribution in [0.4, 0.5) is 5.69 Å². The molecule has 1 aliphatic carbocycles. The van der Waals surface area contributed by atoms with E-state index >= 15 is 0 Å². The molecule has 1 atom stereocenters. The number of halogens is 1. The number of methoxy groups -OCH3 is 1. The number of anilines is 1. The highest BCUT2D eigenvalue weighted by atomic mass is 35.5. The Morgan fingerprint density at radius 2 is 1.61 bits per heavy atom. The van der Waals surface area contributed by atoms with Gasteiger partial charge < -0.3 is 15.0 Å². The van der Waals surface area contributed by atoms with Gasteiger partial charge in [0.25, 0.3) is 10.0 Å². The predicted octanol–water partition coefficient (Wildman–Crippen LogP) is 5.41. The van der Waals surface area contributed by atoms with Crippen LogP contribution in [0, 0.1) is 0 Å². The standard InChI is InChI=1S/C31H36ClN3O5S/c1-3-27(31(37)33-24-14-8-9-15-24)34(21-23-13-7-10-18-26(23)32)30(36)22-35(28-19-11-12-20-29(28)40-2)41(38,39)25-16-5-4-6-17-25/h4-7,10-13,16-20,24,27H,3,8-9,14-15,21-22H2,1-2H3,(H,33,37). The fourth-order valence-electron chi connectivity index (χ4n) is 5.17. The molecule has 8 nitrogen and oxygen atoms in total. The lowest BCUT2D eigenvalue weighted by Gasteiger charge is -2.34. The van der Waals surface area contributed by atoms with Crippen LogP contribution < -0.4 is 14.4 Å². The first-order chi connectivity index (χ1) is 19.8. The summed E-state index contributed by atoms with van der Waals surface area (Å²) < 4.78 is 34.5. The van der Waals surface area contributed by atoms with Crippen LogP contribution in [-0.4, -0.2) is 50.9 Å². The first-order valence-electron chi connectivity index (χ1n) is 13.8. The molecule has 1 aliphatic rings. The van der Waals surface area contributed by atoms with E-state index in [1.807, 2.05) is 13.0 Å². The summed E-state index contributed by atoms with van der Waals surface area (Å²) in [6.45, 7) is 1.33. The predicted molar refractivity (Wildman–Crippen MR) is 160 cm³/mol. The van der Waals surface area contributed by atoms with Crippen molar-refractivity contribution in [3.05, 3.63) is 89.4 Å². The van der Waals surface area contributed by atoms with Gasteiger partial charge in [0.15, 0.2) is 0 Å². The van der Waals surface area contributed by atoms with Crippen molar-refractivity contribution in [3.63, 3.8) is 0 Å². The summed E-state index contributed by atoms with van der Waals surface area (Å²) in [5, 5.41) is 3.56. The van der Waals surface area contributed by atoms with Gasteiger partial charge in [-0.1, -0.05) is 79.9 Å². The van der Waals surface area contributed by atoms with Crippen LogP contribution in [0.15, 0.2) is 83.8 Å². The van der Waals surface area contributed by atoms with E-state index in [0.717, 1.165) is 30.0 Å². The highest BCUT2D eigenvalue weighted by Gasteiger charge is 2.35. The summed E-state index contributed by atoms with van der Waals surface area (Å²) in [4.78, 5) is 29.2. The monoisotopic (exact) mass is 597 g/mol. The summed E-state index contributed by atoms with van der Waals surface area (Å²) >= 11 is 6.47. The average Bonchev–Trinajstić information content (AvgIpc) is 3.50. The molecule has 1 unspecified atom stereocenters. The fourth-order valence-corrected chi connectivity index (χ4v) is 6.81. The summed E-state index contributed by atoms with van der Waals surface area (Å²) in [6, 6.07) is 20.9. The van der Waals surface area contributed by atoms with Gasteiger partial charge in [0.2, 0.25) is 11.8 Å². The van der Waals surface area contributed by atoms with Crippen LogP contribution in [0.1, 0.15) is 44.6 Å². The molecule has 218 valence electrons. The van der Waals surface area contributed by atoms with Crippen molar-refractivity contribution in [2.24, 2.45) is 0 Å². The van der Waals surface area contributed by atoms with E-state index < -0.39 is 28.5 Å². The van der Waals surface area contributed by atoms with Gasteiger partial charge >= 0.3 is 0 Å². The minimum atomic E-state index is -4.19. The van der Waals surface area contributed by atoms with Crippen LogP contribution in [-0.2, 0) is 26.2 Å². The van der Waals surface area contributed by atoms with Crippen molar-refractivity contribution in [2.45, 2.75) is 62.6 Å². The number of carbonyl (C=O) groups excluding carboxylic acids is 2. The van der Waals surface area contributed by atoms with Crippen molar-refractivity contribution < 1.29 is 22.7 Å². The lowest BCUT2D eigenvalue weighted by atomic mass is 10.1. The molecule has 0 aliphatic heterocycles. The molecule has 4 rings (SSSR count).